The molecule has 1 N–H and O–H groups in total. The Hall–Kier alpha value is -1.56. The van der Waals surface area contributed by atoms with Crippen LogP contribution in [0.2, 0.25) is 0 Å². The first-order chi connectivity index (χ1) is 8.07. The highest BCUT2D eigenvalue weighted by Gasteiger charge is 2.02. The van der Waals surface area contributed by atoms with Crippen molar-refractivity contribution >= 4 is 12.1 Å². The molecule has 0 aromatic rings. The maximum absolute atomic E-state index is 10.9. The first kappa shape index (κ1) is 15.4. The van der Waals surface area contributed by atoms with Crippen molar-refractivity contribution < 1.29 is 23.8 Å². The van der Waals surface area contributed by atoms with Crippen molar-refractivity contribution in [3.05, 3.63) is 12.2 Å². The summed E-state index contributed by atoms with van der Waals surface area (Å²) in [5.41, 5.74) is 0.351. The van der Waals surface area contributed by atoms with Gasteiger partial charge >= 0.3 is 12.1 Å². The van der Waals surface area contributed by atoms with E-state index in [9.17, 15) is 9.59 Å². The summed E-state index contributed by atoms with van der Waals surface area (Å²) in [6, 6.07) is 0. The lowest BCUT2D eigenvalue weighted by molar-refractivity contribution is -0.140. The van der Waals surface area contributed by atoms with Crippen LogP contribution in [0.1, 0.15) is 13.8 Å². The molecule has 0 aromatic heterocycles. The van der Waals surface area contributed by atoms with Gasteiger partial charge in [0.05, 0.1) is 13.2 Å². The topological polar surface area (TPSA) is 73.9 Å². The van der Waals surface area contributed by atoms with Gasteiger partial charge in [0.2, 0.25) is 0 Å². The molecule has 0 spiro atoms. The Bertz CT molecular complexity index is 265. The Morgan fingerprint density at radius 2 is 1.71 bits per heavy atom. The molecular formula is C11H19NO5. The van der Waals surface area contributed by atoms with Gasteiger partial charge < -0.3 is 19.5 Å². The summed E-state index contributed by atoms with van der Waals surface area (Å²) in [6.07, 6.45) is -0.468. The fourth-order valence-electron chi connectivity index (χ4n) is 0.807. The maximum atomic E-state index is 10.9. The molecule has 98 valence electrons. The summed E-state index contributed by atoms with van der Waals surface area (Å²) in [4.78, 5) is 21.8. The highest BCUT2D eigenvalue weighted by Crippen LogP contribution is 1.91. The molecule has 0 atom stereocenters. The van der Waals surface area contributed by atoms with Crippen molar-refractivity contribution in [1.29, 1.82) is 0 Å². The largest absolute Gasteiger partial charge is 0.460 e. The van der Waals surface area contributed by atoms with E-state index in [2.05, 4.69) is 11.9 Å². The molecule has 0 saturated heterocycles. The van der Waals surface area contributed by atoms with Crippen molar-refractivity contribution in [3.8, 4) is 0 Å². The number of hydrogen-bond donors (Lipinski definition) is 1. The number of alkyl carbamates (subject to hydrolysis) is 1. The minimum Gasteiger partial charge on any atom is -0.460 e. The molecule has 0 radical (unpaired) electrons. The smallest absolute Gasteiger partial charge is 0.407 e. The number of carbonyl (C=O) groups is 2. The Morgan fingerprint density at radius 1 is 1.12 bits per heavy atom. The lowest BCUT2D eigenvalue weighted by atomic mass is 10.4. The van der Waals surface area contributed by atoms with Crippen LogP contribution in [0.4, 0.5) is 4.79 Å². The zero-order chi connectivity index (χ0) is 13.1. The van der Waals surface area contributed by atoms with Crippen molar-refractivity contribution in [3.63, 3.8) is 0 Å². The van der Waals surface area contributed by atoms with Gasteiger partial charge in [0.15, 0.2) is 0 Å². The Labute approximate surface area is 101 Å². The van der Waals surface area contributed by atoms with Crippen molar-refractivity contribution in [2.45, 2.75) is 13.8 Å². The molecule has 0 aliphatic rings. The molecule has 0 rings (SSSR count). The fraction of sp³-hybridized carbons (Fsp3) is 0.636. The standard InChI is InChI=1S/C11H19NO5/c1-4-12-11(14)17-8-6-15-5-7-16-10(13)9(2)3/h2,4-8H2,1,3H3,(H,12,14). The SMILES string of the molecule is C=C(C)C(=O)OCCOCCOC(=O)NCC. The third-order valence-corrected chi connectivity index (χ3v) is 1.59. The average Bonchev–Trinajstić information content (AvgIpc) is 2.27. The van der Waals surface area contributed by atoms with Crippen LogP contribution >= 0.6 is 0 Å². The van der Waals surface area contributed by atoms with E-state index in [0.29, 0.717) is 12.1 Å². The minimum atomic E-state index is -0.468. The first-order valence-corrected chi connectivity index (χ1v) is 5.39. The normalized spacial score (nSPS) is 9.53. The van der Waals surface area contributed by atoms with Crippen LogP contribution < -0.4 is 5.32 Å². The summed E-state index contributed by atoms with van der Waals surface area (Å²) in [5.74, 6) is -0.438. The van der Waals surface area contributed by atoms with Crippen LogP contribution in [-0.2, 0) is 19.0 Å². The van der Waals surface area contributed by atoms with Gasteiger partial charge in [-0.05, 0) is 13.8 Å². The Kier molecular flexibility index (Phi) is 8.77. The van der Waals surface area contributed by atoms with Crippen molar-refractivity contribution in [2.24, 2.45) is 0 Å². The second-order valence-electron chi connectivity index (χ2n) is 3.19. The number of hydrogen-bond acceptors (Lipinski definition) is 5. The third-order valence-electron chi connectivity index (χ3n) is 1.59. The summed E-state index contributed by atoms with van der Waals surface area (Å²) in [5, 5.41) is 2.48. The van der Waals surface area contributed by atoms with E-state index >= 15 is 0 Å². The van der Waals surface area contributed by atoms with Gasteiger partial charge in [-0.25, -0.2) is 9.59 Å². The summed E-state index contributed by atoms with van der Waals surface area (Å²) >= 11 is 0. The fourth-order valence-corrected chi connectivity index (χ4v) is 0.807. The quantitative estimate of drug-likeness (QED) is 0.390. The first-order valence-electron chi connectivity index (χ1n) is 5.39. The van der Waals surface area contributed by atoms with Gasteiger partial charge in [-0.15, -0.1) is 0 Å². The molecule has 0 heterocycles. The second kappa shape index (κ2) is 9.65. The second-order valence-corrected chi connectivity index (χ2v) is 3.19. The van der Waals surface area contributed by atoms with Crippen LogP contribution in [0.5, 0.6) is 0 Å². The summed E-state index contributed by atoms with van der Waals surface area (Å²) < 4.78 is 14.6. The third kappa shape index (κ3) is 9.37. The van der Waals surface area contributed by atoms with Crippen LogP contribution in [0, 0.1) is 0 Å². The highest BCUT2D eigenvalue weighted by atomic mass is 16.6. The predicted molar refractivity (Wildman–Crippen MR) is 61.6 cm³/mol. The zero-order valence-corrected chi connectivity index (χ0v) is 10.3. The predicted octanol–water partition coefficient (Wildman–Crippen LogP) is 0.868. The molecule has 0 unspecified atom stereocenters. The number of esters is 1. The molecule has 0 bridgehead atoms. The number of rotatable bonds is 8. The maximum Gasteiger partial charge on any atom is 0.407 e. The van der Waals surface area contributed by atoms with Gasteiger partial charge in [-0.3, -0.25) is 0 Å². The molecule has 0 aliphatic heterocycles. The Balaban J connectivity index is 3.27. The molecule has 0 fully saturated rings. The van der Waals surface area contributed by atoms with Gasteiger partial charge in [0.1, 0.15) is 13.2 Å². The Morgan fingerprint density at radius 3 is 2.24 bits per heavy atom. The van der Waals surface area contributed by atoms with Crippen LogP contribution in [0.3, 0.4) is 0 Å². The van der Waals surface area contributed by atoms with Gasteiger partial charge in [0, 0.05) is 12.1 Å². The van der Waals surface area contributed by atoms with Crippen molar-refractivity contribution in [2.75, 3.05) is 33.0 Å². The number of nitrogens with one attached hydrogen (secondary N) is 1. The van der Waals surface area contributed by atoms with Gasteiger partial charge in [-0.2, -0.15) is 0 Å². The molecule has 0 saturated carbocycles. The van der Waals surface area contributed by atoms with E-state index < -0.39 is 12.1 Å². The minimum absolute atomic E-state index is 0.160. The summed E-state index contributed by atoms with van der Waals surface area (Å²) in [6.45, 7) is 8.19. The number of carbonyl (C=O) groups excluding carboxylic acids is 2. The molecule has 6 nitrogen and oxygen atoms in total. The van der Waals surface area contributed by atoms with E-state index in [1.165, 1.54) is 0 Å². The number of amides is 1. The van der Waals surface area contributed by atoms with Crippen LogP contribution in [0.15, 0.2) is 12.2 Å². The lowest BCUT2D eigenvalue weighted by Crippen LogP contribution is -2.25. The van der Waals surface area contributed by atoms with Gasteiger partial charge in [-0.1, -0.05) is 6.58 Å². The van der Waals surface area contributed by atoms with E-state index in [0.717, 1.165) is 0 Å². The van der Waals surface area contributed by atoms with E-state index in [-0.39, 0.29) is 26.4 Å². The molecule has 0 aromatic carbocycles. The lowest BCUT2D eigenvalue weighted by Gasteiger charge is -2.07. The number of ether oxygens (including phenoxy) is 3. The zero-order valence-electron chi connectivity index (χ0n) is 10.3. The molecule has 17 heavy (non-hydrogen) atoms. The monoisotopic (exact) mass is 245 g/mol. The average molecular weight is 245 g/mol. The molecule has 1 amide bonds. The van der Waals surface area contributed by atoms with E-state index in [4.69, 9.17) is 14.2 Å². The van der Waals surface area contributed by atoms with Crippen LogP contribution in [-0.4, -0.2) is 45.0 Å². The highest BCUT2D eigenvalue weighted by molar-refractivity contribution is 5.86. The summed E-state index contributed by atoms with van der Waals surface area (Å²) in [7, 11) is 0. The molecule has 0 aliphatic carbocycles. The van der Waals surface area contributed by atoms with Crippen molar-refractivity contribution in [1.82, 2.24) is 5.32 Å². The van der Waals surface area contributed by atoms with E-state index in [1.807, 2.05) is 0 Å². The van der Waals surface area contributed by atoms with E-state index in [1.54, 1.807) is 13.8 Å². The van der Waals surface area contributed by atoms with Gasteiger partial charge in [0.25, 0.3) is 0 Å². The molecular weight excluding hydrogens is 226 g/mol. The molecule has 6 heteroatoms. The van der Waals surface area contributed by atoms with Crippen LogP contribution in [0.25, 0.3) is 0 Å².